The van der Waals surface area contributed by atoms with Crippen molar-refractivity contribution in [3.05, 3.63) is 217 Å². The van der Waals surface area contributed by atoms with Crippen LogP contribution in [0.3, 0.4) is 0 Å². The van der Waals surface area contributed by atoms with Gasteiger partial charge in [0.2, 0.25) is 0 Å². The summed E-state index contributed by atoms with van der Waals surface area (Å²) in [5.74, 6) is 1.77. The van der Waals surface area contributed by atoms with Crippen LogP contribution in [-0.4, -0.2) is 0 Å². The van der Waals surface area contributed by atoms with Gasteiger partial charge in [-0.3, -0.25) is 0 Å². The van der Waals surface area contributed by atoms with E-state index in [1.54, 1.807) is 0 Å². The molecule has 3 heteroatoms. The number of fused-ring (bicyclic) bond motifs is 6. The van der Waals surface area contributed by atoms with E-state index >= 15 is 0 Å². The van der Waals surface area contributed by atoms with Crippen LogP contribution in [0.1, 0.15) is 25.0 Å². The average molecular weight is 745 g/mol. The van der Waals surface area contributed by atoms with E-state index in [-0.39, 0.29) is 5.41 Å². The van der Waals surface area contributed by atoms with E-state index in [0.717, 1.165) is 39.9 Å². The fourth-order valence-corrected chi connectivity index (χ4v) is 9.11. The zero-order valence-electron chi connectivity index (χ0n) is 32.4. The molecular formula is C55H40N2O. The molecule has 9 aromatic carbocycles. The Hall–Kier alpha value is -7.36. The standard InChI is InChI=1S/C55H40N2O/c1-55(2)47-21-13-23-51-54(47)57(53-46-20-10-9-18-41(46)29-35-52(53)58-51)50-34-28-42(36-48(50)55)39-26-32-44(33-27-39)56(43-30-24-38(25-31-43)37-14-5-3-6-15-37)49-22-12-11-19-45(49)40-16-7-4-8-17-40/h3-36H,1-2H3. The van der Waals surface area contributed by atoms with Crippen molar-refractivity contribution >= 4 is 44.9 Å². The van der Waals surface area contributed by atoms with Crippen LogP contribution >= 0.6 is 0 Å². The summed E-state index contributed by atoms with van der Waals surface area (Å²) in [5, 5.41) is 2.38. The van der Waals surface area contributed by atoms with Gasteiger partial charge in [0.05, 0.1) is 22.7 Å². The van der Waals surface area contributed by atoms with Crippen LogP contribution in [0.4, 0.5) is 34.1 Å². The van der Waals surface area contributed by atoms with E-state index in [9.17, 15) is 0 Å². The lowest BCUT2D eigenvalue weighted by Gasteiger charge is -2.45. The SMILES string of the molecule is CC1(C)c2cc(-c3ccc(N(c4ccc(-c5ccccc5)cc4)c4ccccc4-c4ccccc4)cc3)ccc2N2c3c(cccc31)Oc1ccc3ccccc3c12. The van der Waals surface area contributed by atoms with E-state index in [1.165, 1.54) is 61.0 Å². The second kappa shape index (κ2) is 13.4. The molecule has 2 aliphatic heterocycles. The van der Waals surface area contributed by atoms with Crippen molar-refractivity contribution in [2.24, 2.45) is 0 Å². The fourth-order valence-electron chi connectivity index (χ4n) is 9.11. The molecule has 2 heterocycles. The fraction of sp³-hybridized carbons (Fsp3) is 0.0545. The molecule has 0 amide bonds. The van der Waals surface area contributed by atoms with Gasteiger partial charge < -0.3 is 14.5 Å². The van der Waals surface area contributed by atoms with E-state index in [1.807, 2.05) is 0 Å². The van der Waals surface area contributed by atoms with E-state index in [4.69, 9.17) is 4.74 Å². The van der Waals surface area contributed by atoms with Crippen LogP contribution < -0.4 is 14.5 Å². The minimum absolute atomic E-state index is 0.261. The Labute approximate surface area is 339 Å². The molecule has 0 saturated heterocycles. The molecule has 0 aromatic heterocycles. The Morgan fingerprint density at radius 1 is 0.431 bits per heavy atom. The van der Waals surface area contributed by atoms with E-state index < -0.39 is 0 Å². The number of nitrogens with zero attached hydrogens (tertiary/aromatic N) is 2. The first-order valence-corrected chi connectivity index (χ1v) is 20.0. The smallest absolute Gasteiger partial charge is 0.152 e. The highest BCUT2D eigenvalue weighted by molar-refractivity contribution is 6.06. The second-order valence-electron chi connectivity index (χ2n) is 15.8. The van der Waals surface area contributed by atoms with Gasteiger partial charge in [-0.25, -0.2) is 0 Å². The maximum absolute atomic E-state index is 6.64. The Morgan fingerprint density at radius 2 is 1.02 bits per heavy atom. The van der Waals surface area contributed by atoms with Gasteiger partial charge in [0.25, 0.3) is 0 Å². The summed E-state index contributed by atoms with van der Waals surface area (Å²) in [6, 6.07) is 74.3. The molecule has 0 N–H and O–H groups in total. The second-order valence-corrected chi connectivity index (χ2v) is 15.8. The van der Waals surface area contributed by atoms with Crippen molar-refractivity contribution in [3.8, 4) is 44.9 Å². The van der Waals surface area contributed by atoms with Crippen molar-refractivity contribution in [2.75, 3.05) is 9.80 Å². The zero-order valence-corrected chi connectivity index (χ0v) is 32.4. The maximum Gasteiger partial charge on any atom is 0.152 e. The van der Waals surface area contributed by atoms with Crippen molar-refractivity contribution in [1.29, 1.82) is 0 Å². The molecule has 0 unspecified atom stereocenters. The van der Waals surface area contributed by atoms with Gasteiger partial charge in [0.1, 0.15) is 0 Å². The van der Waals surface area contributed by atoms with Crippen LogP contribution in [0.2, 0.25) is 0 Å². The summed E-state index contributed by atoms with van der Waals surface area (Å²) in [4.78, 5) is 4.83. The lowest BCUT2D eigenvalue weighted by atomic mass is 9.72. The molecule has 0 bridgehead atoms. The molecule has 2 aliphatic rings. The van der Waals surface area contributed by atoms with Crippen molar-refractivity contribution < 1.29 is 4.74 Å². The van der Waals surface area contributed by atoms with E-state index in [2.05, 4.69) is 230 Å². The number of ether oxygens (including phenoxy) is 1. The molecule has 0 saturated carbocycles. The minimum atomic E-state index is -0.261. The summed E-state index contributed by atoms with van der Waals surface area (Å²) in [6.45, 7) is 4.69. The van der Waals surface area contributed by atoms with Crippen LogP contribution in [0.15, 0.2) is 206 Å². The molecule has 3 nitrogen and oxygen atoms in total. The maximum atomic E-state index is 6.64. The third-order valence-electron chi connectivity index (χ3n) is 12.0. The monoisotopic (exact) mass is 744 g/mol. The van der Waals surface area contributed by atoms with Crippen molar-refractivity contribution in [1.82, 2.24) is 0 Å². The highest BCUT2D eigenvalue weighted by Crippen LogP contribution is 2.61. The first-order valence-electron chi connectivity index (χ1n) is 20.0. The average Bonchev–Trinajstić information content (AvgIpc) is 3.29. The number of hydrogen-bond donors (Lipinski definition) is 0. The molecule has 0 spiro atoms. The summed E-state index contributed by atoms with van der Waals surface area (Å²) in [5.41, 5.74) is 16.1. The normalized spacial score (nSPS) is 13.2. The molecule has 276 valence electrons. The molecule has 9 aromatic rings. The number of para-hydroxylation sites is 2. The first-order chi connectivity index (χ1) is 28.5. The predicted molar refractivity (Wildman–Crippen MR) is 242 cm³/mol. The summed E-state index contributed by atoms with van der Waals surface area (Å²) in [6.07, 6.45) is 0. The molecule has 0 aliphatic carbocycles. The van der Waals surface area contributed by atoms with Gasteiger partial charge in [0, 0.05) is 27.7 Å². The van der Waals surface area contributed by atoms with Crippen molar-refractivity contribution in [3.63, 3.8) is 0 Å². The minimum Gasteiger partial charge on any atom is -0.453 e. The molecule has 0 atom stereocenters. The summed E-state index contributed by atoms with van der Waals surface area (Å²) in [7, 11) is 0. The van der Waals surface area contributed by atoms with Gasteiger partial charge in [-0.15, -0.1) is 0 Å². The number of benzene rings is 9. The highest BCUT2D eigenvalue weighted by atomic mass is 16.5. The van der Waals surface area contributed by atoms with Crippen LogP contribution in [0.25, 0.3) is 44.2 Å². The summed E-state index contributed by atoms with van der Waals surface area (Å²) >= 11 is 0. The van der Waals surface area contributed by atoms with Crippen molar-refractivity contribution in [2.45, 2.75) is 19.3 Å². The van der Waals surface area contributed by atoms with Gasteiger partial charge in [-0.2, -0.15) is 0 Å². The lowest BCUT2D eigenvalue weighted by molar-refractivity contribution is 0.472. The molecule has 58 heavy (non-hydrogen) atoms. The topological polar surface area (TPSA) is 15.7 Å². The predicted octanol–water partition coefficient (Wildman–Crippen LogP) is 15.5. The number of hydrogen-bond acceptors (Lipinski definition) is 3. The van der Waals surface area contributed by atoms with Crippen LogP contribution in [0.5, 0.6) is 11.5 Å². The quantitative estimate of drug-likeness (QED) is 0.169. The Balaban J connectivity index is 1.02. The van der Waals surface area contributed by atoms with Gasteiger partial charge in [-0.05, 0) is 98.9 Å². The largest absolute Gasteiger partial charge is 0.453 e. The number of anilines is 6. The summed E-state index contributed by atoms with van der Waals surface area (Å²) < 4.78 is 6.64. The third-order valence-corrected chi connectivity index (χ3v) is 12.0. The Morgan fingerprint density at radius 3 is 1.76 bits per heavy atom. The van der Waals surface area contributed by atoms with E-state index in [0.29, 0.717) is 0 Å². The molecule has 0 fully saturated rings. The third kappa shape index (κ3) is 5.43. The Kier molecular flexibility index (Phi) is 7.84. The molecular weight excluding hydrogens is 705 g/mol. The first kappa shape index (κ1) is 33.9. The molecule has 11 rings (SSSR count). The molecule has 0 radical (unpaired) electrons. The van der Waals surface area contributed by atoms with Gasteiger partial charge in [-0.1, -0.05) is 166 Å². The van der Waals surface area contributed by atoms with Crippen LogP contribution in [-0.2, 0) is 5.41 Å². The van der Waals surface area contributed by atoms with Crippen LogP contribution in [0, 0.1) is 0 Å². The Bertz CT molecular complexity index is 2990. The van der Waals surface area contributed by atoms with Gasteiger partial charge in [0.15, 0.2) is 11.5 Å². The number of rotatable bonds is 6. The van der Waals surface area contributed by atoms with Gasteiger partial charge >= 0.3 is 0 Å². The zero-order chi connectivity index (χ0) is 38.8. The highest BCUT2D eigenvalue weighted by Gasteiger charge is 2.42. The lowest BCUT2D eigenvalue weighted by Crippen LogP contribution is -2.32.